The highest BCUT2D eigenvalue weighted by atomic mass is 127. The van der Waals surface area contributed by atoms with E-state index in [1.54, 1.807) is 0 Å². The maximum atomic E-state index is 5.64. The molecule has 0 aliphatic heterocycles. The van der Waals surface area contributed by atoms with Crippen molar-refractivity contribution in [3.05, 3.63) is 0 Å². The first-order valence-corrected chi connectivity index (χ1v) is 3.94. The lowest BCUT2D eigenvalue weighted by Crippen LogP contribution is -2.28. The third kappa shape index (κ3) is 3.19. The quantitative estimate of drug-likeness (QED) is 0.770. The first-order chi connectivity index (χ1) is 4.24. The lowest BCUT2D eigenvalue weighted by Gasteiger charge is -2.28. The number of hydrogen-bond donors (Lipinski definition) is 1. The second-order valence-corrected chi connectivity index (χ2v) is 2.76. The molecule has 0 amide bonds. The van der Waals surface area contributed by atoms with Crippen LogP contribution in [0.5, 0.6) is 0 Å². The summed E-state index contributed by atoms with van der Waals surface area (Å²) in [6.07, 6.45) is 3.66. The first kappa shape index (κ1) is 13.3. The number of nitrogens with two attached hydrogens (primary N) is 1. The van der Waals surface area contributed by atoms with E-state index in [2.05, 4.69) is 20.8 Å². The molecule has 0 radical (unpaired) electrons. The van der Waals surface area contributed by atoms with E-state index in [1.165, 1.54) is 19.3 Å². The molecule has 0 spiro atoms. The number of hydrogen-bond acceptors (Lipinski definition) is 1. The van der Waals surface area contributed by atoms with Gasteiger partial charge in [-0.25, -0.2) is 0 Å². The van der Waals surface area contributed by atoms with Crippen molar-refractivity contribution in [1.82, 2.24) is 0 Å². The fourth-order valence-electron chi connectivity index (χ4n) is 1.18. The van der Waals surface area contributed by atoms with Crippen LogP contribution < -0.4 is 5.73 Å². The summed E-state index contributed by atoms with van der Waals surface area (Å²) < 4.78 is 0. The zero-order valence-electron chi connectivity index (χ0n) is 7.31. The van der Waals surface area contributed by atoms with Crippen LogP contribution in [0.15, 0.2) is 0 Å². The van der Waals surface area contributed by atoms with E-state index in [0.29, 0.717) is 5.41 Å². The molecule has 0 aromatic carbocycles. The summed E-state index contributed by atoms with van der Waals surface area (Å²) in [5.41, 5.74) is 6.08. The van der Waals surface area contributed by atoms with Crippen LogP contribution in [0, 0.1) is 5.41 Å². The van der Waals surface area contributed by atoms with Gasteiger partial charge in [-0.05, 0) is 31.2 Å². The van der Waals surface area contributed by atoms with Gasteiger partial charge in [-0.2, -0.15) is 0 Å². The summed E-state index contributed by atoms with van der Waals surface area (Å²) in [5, 5.41) is 0. The topological polar surface area (TPSA) is 26.0 Å². The van der Waals surface area contributed by atoms with Gasteiger partial charge in [0.15, 0.2) is 0 Å². The summed E-state index contributed by atoms with van der Waals surface area (Å²) in [5.74, 6) is 0. The van der Waals surface area contributed by atoms with Crippen molar-refractivity contribution in [2.45, 2.75) is 40.0 Å². The normalized spacial score (nSPS) is 10.8. The molecule has 0 heterocycles. The first-order valence-electron chi connectivity index (χ1n) is 3.94. The van der Waals surface area contributed by atoms with Crippen LogP contribution in [-0.4, -0.2) is 6.54 Å². The predicted molar refractivity (Wildman–Crippen MR) is 57.8 cm³/mol. The number of halogens is 1. The Morgan fingerprint density at radius 1 is 1.00 bits per heavy atom. The second kappa shape index (κ2) is 6.40. The minimum Gasteiger partial charge on any atom is -0.330 e. The SMILES string of the molecule is CCC(CC)(CC)CN.I. The highest BCUT2D eigenvalue weighted by Gasteiger charge is 2.20. The van der Waals surface area contributed by atoms with E-state index in [4.69, 9.17) is 5.73 Å². The van der Waals surface area contributed by atoms with Crippen molar-refractivity contribution < 1.29 is 0 Å². The minimum atomic E-state index is 0. The molecule has 0 unspecified atom stereocenters. The highest BCUT2D eigenvalue weighted by molar-refractivity contribution is 14.0. The van der Waals surface area contributed by atoms with E-state index in [1.807, 2.05) is 0 Å². The summed E-state index contributed by atoms with van der Waals surface area (Å²) in [7, 11) is 0. The monoisotopic (exact) mass is 257 g/mol. The predicted octanol–water partition coefficient (Wildman–Crippen LogP) is 2.78. The Labute approximate surface area is 81.8 Å². The van der Waals surface area contributed by atoms with Gasteiger partial charge in [-0.3, -0.25) is 0 Å². The minimum absolute atomic E-state index is 0. The van der Waals surface area contributed by atoms with Crippen molar-refractivity contribution in [2.24, 2.45) is 11.1 Å². The van der Waals surface area contributed by atoms with Crippen molar-refractivity contribution >= 4 is 24.0 Å². The fraction of sp³-hybridized carbons (Fsp3) is 1.00. The van der Waals surface area contributed by atoms with Crippen molar-refractivity contribution in [1.29, 1.82) is 0 Å². The summed E-state index contributed by atoms with van der Waals surface area (Å²) in [6, 6.07) is 0. The van der Waals surface area contributed by atoms with Gasteiger partial charge in [-0.15, -0.1) is 24.0 Å². The molecule has 0 aromatic heterocycles. The van der Waals surface area contributed by atoms with Crippen LogP contribution in [0.2, 0.25) is 0 Å². The summed E-state index contributed by atoms with van der Waals surface area (Å²) in [4.78, 5) is 0. The Kier molecular flexibility index (Phi) is 8.51. The highest BCUT2D eigenvalue weighted by Crippen LogP contribution is 2.28. The fourth-order valence-corrected chi connectivity index (χ4v) is 1.18. The van der Waals surface area contributed by atoms with Crippen LogP contribution >= 0.6 is 24.0 Å². The molecule has 0 fully saturated rings. The molecule has 0 aliphatic carbocycles. The van der Waals surface area contributed by atoms with E-state index < -0.39 is 0 Å². The maximum Gasteiger partial charge on any atom is -0.00208 e. The van der Waals surface area contributed by atoms with E-state index >= 15 is 0 Å². The smallest absolute Gasteiger partial charge is 0.00208 e. The van der Waals surface area contributed by atoms with Gasteiger partial charge in [0.2, 0.25) is 0 Å². The summed E-state index contributed by atoms with van der Waals surface area (Å²) in [6.45, 7) is 7.51. The molecule has 2 heteroatoms. The average molecular weight is 257 g/mol. The van der Waals surface area contributed by atoms with Crippen LogP contribution in [0.3, 0.4) is 0 Å². The molecular formula is C8H20IN. The standard InChI is InChI=1S/C8H19N.HI/c1-4-8(5-2,6-3)7-9;/h4-7,9H2,1-3H3;1H. The van der Waals surface area contributed by atoms with E-state index in [0.717, 1.165) is 6.54 Å². The molecule has 10 heavy (non-hydrogen) atoms. The zero-order valence-corrected chi connectivity index (χ0v) is 9.64. The third-order valence-electron chi connectivity index (χ3n) is 2.68. The van der Waals surface area contributed by atoms with Crippen molar-refractivity contribution in [3.8, 4) is 0 Å². The Bertz CT molecular complexity index is 52.1. The zero-order chi connectivity index (χ0) is 7.33. The molecule has 0 atom stereocenters. The number of rotatable bonds is 4. The van der Waals surface area contributed by atoms with Crippen LogP contribution in [-0.2, 0) is 0 Å². The van der Waals surface area contributed by atoms with Gasteiger partial charge >= 0.3 is 0 Å². The lowest BCUT2D eigenvalue weighted by molar-refractivity contribution is 0.262. The molecule has 1 nitrogen and oxygen atoms in total. The molecule has 0 aromatic rings. The largest absolute Gasteiger partial charge is 0.330 e. The molecule has 0 saturated heterocycles. The Hall–Kier alpha value is 0.690. The van der Waals surface area contributed by atoms with Crippen LogP contribution in [0.4, 0.5) is 0 Å². The van der Waals surface area contributed by atoms with E-state index in [9.17, 15) is 0 Å². The molecular weight excluding hydrogens is 237 g/mol. The van der Waals surface area contributed by atoms with Crippen molar-refractivity contribution in [3.63, 3.8) is 0 Å². The average Bonchev–Trinajstić information content (AvgIpc) is 1.95. The van der Waals surface area contributed by atoms with Gasteiger partial charge in [0.05, 0.1) is 0 Å². The molecule has 0 rings (SSSR count). The van der Waals surface area contributed by atoms with Crippen LogP contribution in [0.25, 0.3) is 0 Å². The maximum absolute atomic E-state index is 5.64. The molecule has 0 bridgehead atoms. The lowest BCUT2D eigenvalue weighted by atomic mass is 9.80. The van der Waals surface area contributed by atoms with Gasteiger partial charge in [-0.1, -0.05) is 20.8 Å². The Morgan fingerprint density at radius 2 is 1.30 bits per heavy atom. The van der Waals surface area contributed by atoms with Gasteiger partial charge in [0.1, 0.15) is 0 Å². The molecule has 64 valence electrons. The van der Waals surface area contributed by atoms with Crippen LogP contribution in [0.1, 0.15) is 40.0 Å². The van der Waals surface area contributed by atoms with Gasteiger partial charge in [0, 0.05) is 0 Å². The van der Waals surface area contributed by atoms with Crippen molar-refractivity contribution in [2.75, 3.05) is 6.54 Å². The molecule has 0 saturated carbocycles. The molecule has 0 aliphatic rings. The summed E-state index contributed by atoms with van der Waals surface area (Å²) >= 11 is 0. The Morgan fingerprint density at radius 3 is 1.30 bits per heavy atom. The molecule has 2 N–H and O–H groups in total. The third-order valence-corrected chi connectivity index (χ3v) is 2.68. The van der Waals surface area contributed by atoms with Gasteiger partial charge < -0.3 is 5.73 Å². The van der Waals surface area contributed by atoms with Gasteiger partial charge in [0.25, 0.3) is 0 Å². The van der Waals surface area contributed by atoms with E-state index in [-0.39, 0.29) is 24.0 Å². The second-order valence-electron chi connectivity index (χ2n) is 2.76. The Balaban J connectivity index is 0.